The number of amides is 5. The Balaban J connectivity index is 1.10. The molecular formula is C29H35N5O6. The molecule has 3 fully saturated rings. The summed E-state index contributed by atoms with van der Waals surface area (Å²) in [6, 6.07) is 13.5. The maximum Gasteiger partial charge on any atom is 0.414 e. The fourth-order valence-electron chi connectivity index (χ4n) is 5.73. The molecule has 3 aliphatic rings. The number of carbonyl (C=O) groups excluding carboxylic acids is 3. The summed E-state index contributed by atoms with van der Waals surface area (Å²) >= 11 is 0. The Morgan fingerprint density at radius 1 is 0.925 bits per heavy atom. The monoisotopic (exact) mass is 549 g/mol. The molecule has 1 unspecified atom stereocenters. The highest BCUT2D eigenvalue weighted by Crippen LogP contribution is 2.28. The highest BCUT2D eigenvalue weighted by Gasteiger charge is 2.43. The molecule has 212 valence electrons. The van der Waals surface area contributed by atoms with Crippen LogP contribution >= 0.6 is 0 Å². The molecule has 0 aromatic heterocycles. The summed E-state index contributed by atoms with van der Waals surface area (Å²) < 4.78 is 5.97. The smallest absolute Gasteiger partial charge is 0.414 e. The van der Waals surface area contributed by atoms with Gasteiger partial charge >= 0.3 is 12.1 Å². The molecule has 2 aromatic carbocycles. The van der Waals surface area contributed by atoms with Crippen LogP contribution in [0.2, 0.25) is 0 Å². The Labute approximate surface area is 233 Å². The van der Waals surface area contributed by atoms with Crippen molar-refractivity contribution in [3.63, 3.8) is 0 Å². The second kappa shape index (κ2) is 11.8. The lowest BCUT2D eigenvalue weighted by Gasteiger charge is -2.30. The number of carbonyl (C=O) groups is 4. The first-order valence-electron chi connectivity index (χ1n) is 13.8. The van der Waals surface area contributed by atoms with Crippen LogP contribution in [0.1, 0.15) is 44.9 Å². The molecule has 11 nitrogen and oxygen atoms in total. The molecule has 11 heteroatoms. The number of anilines is 3. The van der Waals surface area contributed by atoms with Crippen LogP contribution in [0.4, 0.5) is 26.7 Å². The third-order valence-corrected chi connectivity index (χ3v) is 7.97. The van der Waals surface area contributed by atoms with Crippen LogP contribution in [-0.2, 0) is 9.59 Å². The molecule has 1 aliphatic carbocycles. The Kier molecular flexibility index (Phi) is 8.09. The van der Waals surface area contributed by atoms with Crippen LogP contribution in [0, 0.1) is 0 Å². The Hall–Kier alpha value is -4.28. The summed E-state index contributed by atoms with van der Waals surface area (Å²) in [7, 11) is 1.67. The first kappa shape index (κ1) is 27.3. The summed E-state index contributed by atoms with van der Waals surface area (Å²) in [5.41, 5.74) is 2.27. The molecule has 2 aromatic rings. The number of urea groups is 1. The van der Waals surface area contributed by atoms with Gasteiger partial charge in [-0.15, -0.1) is 0 Å². The number of hydrogen-bond donors (Lipinski definition) is 3. The zero-order valence-corrected chi connectivity index (χ0v) is 22.5. The van der Waals surface area contributed by atoms with Gasteiger partial charge in [0.05, 0.1) is 12.1 Å². The highest BCUT2D eigenvalue weighted by molar-refractivity contribution is 6.00. The normalized spacial score (nSPS) is 21.0. The molecule has 2 saturated heterocycles. The fraction of sp³-hybridized carbons (Fsp3) is 0.448. The minimum absolute atomic E-state index is 0.0629. The number of benzene rings is 2. The van der Waals surface area contributed by atoms with E-state index in [0.717, 1.165) is 37.2 Å². The first-order valence-corrected chi connectivity index (χ1v) is 13.8. The summed E-state index contributed by atoms with van der Waals surface area (Å²) in [6.07, 6.45) is 4.51. The maximum atomic E-state index is 13.0. The summed E-state index contributed by atoms with van der Waals surface area (Å²) in [4.78, 5) is 53.2. The quantitative estimate of drug-likeness (QED) is 0.468. The lowest BCUT2D eigenvalue weighted by Crippen LogP contribution is -2.50. The average Bonchev–Trinajstić information content (AvgIpc) is 3.71. The molecule has 5 rings (SSSR count). The van der Waals surface area contributed by atoms with Gasteiger partial charge in [-0.1, -0.05) is 0 Å². The highest BCUT2D eigenvalue weighted by atomic mass is 16.5. The number of nitrogens with one attached hydrogen (secondary N) is 2. The third kappa shape index (κ3) is 6.13. The second-order valence-corrected chi connectivity index (χ2v) is 10.6. The molecule has 2 heterocycles. The predicted molar refractivity (Wildman–Crippen MR) is 150 cm³/mol. The number of likely N-dealkylation sites (N-methyl/N-ethyl adjacent to an activating group) is 1. The van der Waals surface area contributed by atoms with E-state index in [-0.39, 0.29) is 36.9 Å². The van der Waals surface area contributed by atoms with Gasteiger partial charge in [-0.3, -0.25) is 9.59 Å². The SMILES string of the molecule is CN(C(=O)[C@@H]1CCC(=O)N1C(=O)O)C1CCN(c2ccc(NC(=O)Nc3ccc(OC4CCCC4)cc3)cc2)C1. The van der Waals surface area contributed by atoms with Gasteiger partial charge in [0.1, 0.15) is 11.8 Å². The molecule has 0 bridgehead atoms. The summed E-state index contributed by atoms with van der Waals surface area (Å²) in [5.74, 6) is -0.0672. The van der Waals surface area contributed by atoms with Crippen molar-refractivity contribution in [3.8, 4) is 5.75 Å². The average molecular weight is 550 g/mol. The van der Waals surface area contributed by atoms with E-state index in [1.165, 1.54) is 12.8 Å². The number of imide groups is 1. The standard InChI is InChI=1S/C29H35N5O6/c1-32(27(36)25-14-15-26(35)34(25)29(38)39)22-16-17-33(18-22)21-10-6-19(7-11-21)30-28(37)31-20-8-12-24(13-9-20)40-23-4-2-3-5-23/h6-13,22-23,25H,2-5,14-18H2,1H3,(H,38,39)(H2,30,31,37)/t22?,25-/m0/s1. The van der Waals surface area contributed by atoms with E-state index in [4.69, 9.17) is 4.74 Å². The molecule has 2 atom stereocenters. The van der Waals surface area contributed by atoms with Gasteiger partial charge < -0.3 is 30.3 Å². The van der Waals surface area contributed by atoms with Crippen LogP contribution in [0.3, 0.4) is 0 Å². The van der Waals surface area contributed by atoms with Crippen molar-refractivity contribution in [2.24, 2.45) is 0 Å². The van der Waals surface area contributed by atoms with E-state index < -0.39 is 18.0 Å². The minimum Gasteiger partial charge on any atom is -0.490 e. The number of carboxylic acid groups (broad SMARTS) is 1. The largest absolute Gasteiger partial charge is 0.490 e. The number of nitrogens with zero attached hydrogens (tertiary/aromatic N) is 3. The molecule has 0 radical (unpaired) electrons. The van der Waals surface area contributed by atoms with Crippen LogP contribution in [0.25, 0.3) is 0 Å². The van der Waals surface area contributed by atoms with Crippen molar-refractivity contribution in [3.05, 3.63) is 48.5 Å². The number of likely N-dealkylation sites (tertiary alicyclic amines) is 1. The predicted octanol–water partition coefficient (Wildman–Crippen LogP) is 4.36. The van der Waals surface area contributed by atoms with Crippen LogP contribution in [-0.4, -0.2) is 77.2 Å². The molecule has 0 spiro atoms. The van der Waals surface area contributed by atoms with E-state index >= 15 is 0 Å². The van der Waals surface area contributed by atoms with Crippen LogP contribution in [0.15, 0.2) is 48.5 Å². The van der Waals surface area contributed by atoms with Gasteiger partial charge in [-0.2, -0.15) is 0 Å². The lowest BCUT2D eigenvalue weighted by atomic mass is 10.1. The molecule has 40 heavy (non-hydrogen) atoms. The summed E-state index contributed by atoms with van der Waals surface area (Å²) in [5, 5.41) is 15.0. The molecule has 3 N–H and O–H groups in total. The molecular weight excluding hydrogens is 514 g/mol. The van der Waals surface area contributed by atoms with E-state index in [9.17, 15) is 24.3 Å². The third-order valence-electron chi connectivity index (χ3n) is 7.97. The first-order chi connectivity index (χ1) is 19.3. The van der Waals surface area contributed by atoms with Crippen molar-refractivity contribution in [1.29, 1.82) is 0 Å². The lowest BCUT2D eigenvalue weighted by molar-refractivity contribution is -0.140. The van der Waals surface area contributed by atoms with Gasteiger partial charge in [-0.25, -0.2) is 14.5 Å². The topological polar surface area (TPSA) is 132 Å². The molecule has 5 amide bonds. The van der Waals surface area contributed by atoms with Gasteiger partial charge in [-0.05, 0) is 87.1 Å². The minimum atomic E-state index is -1.38. The van der Waals surface area contributed by atoms with E-state index in [1.54, 1.807) is 11.9 Å². The van der Waals surface area contributed by atoms with E-state index in [1.807, 2.05) is 48.5 Å². The maximum absolute atomic E-state index is 13.0. The molecule has 1 saturated carbocycles. The fourth-order valence-corrected chi connectivity index (χ4v) is 5.73. The van der Waals surface area contributed by atoms with E-state index in [2.05, 4.69) is 15.5 Å². The molecule has 2 aliphatic heterocycles. The number of rotatable bonds is 7. The summed E-state index contributed by atoms with van der Waals surface area (Å²) in [6.45, 7) is 1.31. The Morgan fingerprint density at radius 2 is 1.55 bits per heavy atom. The number of hydrogen-bond acceptors (Lipinski definition) is 6. The Bertz CT molecular complexity index is 1240. The van der Waals surface area contributed by atoms with Crippen molar-refractivity contribution in [1.82, 2.24) is 9.80 Å². The zero-order chi connectivity index (χ0) is 28.2. The number of ether oxygens (including phenoxy) is 1. The zero-order valence-electron chi connectivity index (χ0n) is 22.5. The van der Waals surface area contributed by atoms with Crippen LogP contribution in [0.5, 0.6) is 5.75 Å². The second-order valence-electron chi connectivity index (χ2n) is 10.6. The van der Waals surface area contributed by atoms with Crippen molar-refractivity contribution < 1.29 is 29.0 Å². The van der Waals surface area contributed by atoms with Crippen molar-refractivity contribution in [2.45, 2.75) is 63.1 Å². The van der Waals surface area contributed by atoms with Crippen molar-refractivity contribution in [2.75, 3.05) is 35.7 Å². The van der Waals surface area contributed by atoms with Gasteiger partial charge in [0.2, 0.25) is 11.8 Å². The van der Waals surface area contributed by atoms with Gasteiger partial charge in [0.25, 0.3) is 0 Å². The van der Waals surface area contributed by atoms with Crippen molar-refractivity contribution >= 4 is 41.0 Å². The Morgan fingerprint density at radius 3 is 2.17 bits per heavy atom. The van der Waals surface area contributed by atoms with Gasteiger partial charge in [0.15, 0.2) is 0 Å². The van der Waals surface area contributed by atoms with Gasteiger partial charge in [0, 0.05) is 43.6 Å². The van der Waals surface area contributed by atoms with E-state index in [0.29, 0.717) is 22.8 Å². The van der Waals surface area contributed by atoms with Crippen LogP contribution < -0.4 is 20.3 Å².